The molecule has 0 bridgehead atoms. The summed E-state index contributed by atoms with van der Waals surface area (Å²) in [5.41, 5.74) is 0.957. The molecule has 0 spiro atoms. The highest BCUT2D eigenvalue weighted by molar-refractivity contribution is 6.01. The van der Waals surface area contributed by atoms with Crippen molar-refractivity contribution >= 4 is 28.0 Å². The zero-order chi connectivity index (χ0) is 20.4. The Morgan fingerprint density at radius 2 is 2.00 bits per heavy atom. The van der Waals surface area contributed by atoms with Crippen LogP contribution in [0.15, 0.2) is 39.8 Å². The molecule has 1 unspecified atom stereocenters. The maximum Gasteiger partial charge on any atom is 0.297 e. The summed E-state index contributed by atoms with van der Waals surface area (Å²) in [6, 6.07) is 7.61. The van der Waals surface area contributed by atoms with E-state index in [0.717, 1.165) is 31.7 Å². The highest BCUT2D eigenvalue weighted by Gasteiger charge is 2.24. The third-order valence-corrected chi connectivity index (χ3v) is 5.46. The third kappa shape index (κ3) is 4.04. The Morgan fingerprint density at radius 1 is 1.24 bits per heavy atom. The topological polar surface area (TPSA) is 89.6 Å². The van der Waals surface area contributed by atoms with Crippen LogP contribution < -0.4 is 10.9 Å². The molecule has 1 fully saturated rings. The molecule has 8 heteroatoms. The zero-order valence-corrected chi connectivity index (χ0v) is 16.8. The maximum absolute atomic E-state index is 12.8. The first-order valence-corrected chi connectivity index (χ1v) is 10.00. The first kappa shape index (κ1) is 19.6. The number of hydrogen-bond acceptors (Lipinski definition) is 6. The van der Waals surface area contributed by atoms with E-state index in [1.165, 1.54) is 10.9 Å². The molecule has 154 valence electrons. The maximum atomic E-state index is 12.8. The van der Waals surface area contributed by atoms with Gasteiger partial charge in [-0.3, -0.25) is 19.1 Å². The first-order chi connectivity index (χ1) is 14.0. The molecule has 1 saturated heterocycles. The fraction of sp³-hybridized carbons (Fsp3) is 0.476. The molecule has 0 radical (unpaired) electrons. The Balaban J connectivity index is 1.46. The second-order valence-corrected chi connectivity index (χ2v) is 7.72. The summed E-state index contributed by atoms with van der Waals surface area (Å²) in [6.45, 7) is 7.91. The SMILES string of the molecule is CC(C)C(CNC(=O)Cn1cnc2c(oc3ccccc32)c1=O)N1CCOCC1. The lowest BCUT2D eigenvalue weighted by molar-refractivity contribution is -0.122. The van der Waals surface area contributed by atoms with E-state index in [4.69, 9.17) is 9.15 Å². The number of fused-ring (bicyclic) bond motifs is 3. The van der Waals surface area contributed by atoms with E-state index in [-0.39, 0.29) is 29.6 Å². The van der Waals surface area contributed by atoms with Crippen LogP contribution in [0.5, 0.6) is 0 Å². The number of rotatable bonds is 6. The van der Waals surface area contributed by atoms with Gasteiger partial charge in [0.15, 0.2) is 0 Å². The Morgan fingerprint density at radius 3 is 2.76 bits per heavy atom. The molecule has 4 rings (SSSR count). The second-order valence-electron chi connectivity index (χ2n) is 7.72. The van der Waals surface area contributed by atoms with E-state index < -0.39 is 0 Å². The number of carbonyl (C=O) groups is 1. The Labute approximate surface area is 168 Å². The molecule has 3 aromatic rings. The summed E-state index contributed by atoms with van der Waals surface area (Å²) < 4.78 is 12.4. The highest BCUT2D eigenvalue weighted by atomic mass is 16.5. The van der Waals surface area contributed by atoms with Crippen LogP contribution in [0, 0.1) is 5.92 Å². The molecule has 1 N–H and O–H groups in total. The quantitative estimate of drug-likeness (QED) is 0.679. The number of carbonyl (C=O) groups excluding carboxylic acids is 1. The van der Waals surface area contributed by atoms with Gasteiger partial charge in [0, 0.05) is 31.1 Å². The van der Waals surface area contributed by atoms with Gasteiger partial charge in [0.05, 0.1) is 19.5 Å². The second kappa shape index (κ2) is 8.34. The predicted octanol–water partition coefficient (Wildman–Crippen LogP) is 1.62. The van der Waals surface area contributed by atoms with Crippen LogP contribution >= 0.6 is 0 Å². The fourth-order valence-corrected chi connectivity index (χ4v) is 3.85. The van der Waals surface area contributed by atoms with E-state index in [1.807, 2.05) is 18.2 Å². The normalized spacial score (nSPS) is 16.5. The van der Waals surface area contributed by atoms with Crippen LogP contribution in [0.3, 0.4) is 0 Å². The van der Waals surface area contributed by atoms with E-state index in [0.29, 0.717) is 23.6 Å². The van der Waals surface area contributed by atoms with Crippen molar-refractivity contribution in [2.45, 2.75) is 26.4 Å². The van der Waals surface area contributed by atoms with Gasteiger partial charge in [0.2, 0.25) is 11.5 Å². The van der Waals surface area contributed by atoms with E-state index >= 15 is 0 Å². The van der Waals surface area contributed by atoms with Crippen LogP contribution in [0.2, 0.25) is 0 Å². The molecule has 0 saturated carbocycles. The summed E-state index contributed by atoms with van der Waals surface area (Å²) in [6.07, 6.45) is 1.41. The molecule has 1 aliphatic heterocycles. The van der Waals surface area contributed by atoms with Gasteiger partial charge in [-0.2, -0.15) is 0 Å². The molecule has 1 aliphatic rings. The molecule has 1 aromatic carbocycles. The van der Waals surface area contributed by atoms with Crippen molar-refractivity contribution in [2.24, 2.45) is 5.92 Å². The van der Waals surface area contributed by atoms with Crippen molar-refractivity contribution in [3.8, 4) is 0 Å². The minimum atomic E-state index is -0.352. The molecule has 1 amide bonds. The standard InChI is InChI=1S/C21H26N4O4/c1-14(2)16(24-7-9-28-10-8-24)11-22-18(26)12-25-13-23-19-15-5-3-4-6-17(15)29-20(19)21(25)27/h3-6,13-14,16H,7-12H2,1-2H3,(H,22,26). The van der Waals surface area contributed by atoms with Crippen LogP contribution in [0.25, 0.3) is 22.1 Å². The summed E-state index contributed by atoms with van der Waals surface area (Å²) in [5, 5.41) is 3.77. The fourth-order valence-electron chi connectivity index (χ4n) is 3.85. The molecular weight excluding hydrogens is 372 g/mol. The van der Waals surface area contributed by atoms with Crippen molar-refractivity contribution in [1.29, 1.82) is 0 Å². The molecule has 2 aromatic heterocycles. The average molecular weight is 398 g/mol. The minimum Gasteiger partial charge on any atom is -0.448 e. The molecule has 0 aliphatic carbocycles. The van der Waals surface area contributed by atoms with Crippen molar-refractivity contribution in [3.05, 3.63) is 40.9 Å². The largest absolute Gasteiger partial charge is 0.448 e. The van der Waals surface area contributed by atoms with Crippen LogP contribution in [0.4, 0.5) is 0 Å². The van der Waals surface area contributed by atoms with Crippen LogP contribution in [-0.4, -0.2) is 59.2 Å². The number of nitrogens with one attached hydrogen (secondary N) is 1. The van der Waals surface area contributed by atoms with Crippen molar-refractivity contribution in [3.63, 3.8) is 0 Å². The summed E-state index contributed by atoms with van der Waals surface area (Å²) >= 11 is 0. The van der Waals surface area contributed by atoms with Gasteiger partial charge < -0.3 is 14.5 Å². The number of amides is 1. The van der Waals surface area contributed by atoms with Crippen molar-refractivity contribution < 1.29 is 13.9 Å². The molecule has 29 heavy (non-hydrogen) atoms. The minimum absolute atomic E-state index is 0.0905. The Kier molecular flexibility index (Phi) is 5.64. The van der Waals surface area contributed by atoms with Gasteiger partial charge >= 0.3 is 0 Å². The Hall–Kier alpha value is -2.71. The van der Waals surface area contributed by atoms with E-state index in [1.54, 1.807) is 6.07 Å². The predicted molar refractivity (Wildman–Crippen MR) is 110 cm³/mol. The van der Waals surface area contributed by atoms with Gasteiger partial charge in [-0.15, -0.1) is 0 Å². The summed E-state index contributed by atoms with van der Waals surface area (Å²) in [4.78, 5) is 32.0. The van der Waals surface area contributed by atoms with Gasteiger partial charge in [-0.05, 0) is 18.1 Å². The van der Waals surface area contributed by atoms with Gasteiger partial charge in [0.1, 0.15) is 17.6 Å². The first-order valence-electron chi connectivity index (χ1n) is 10.00. The molecule has 8 nitrogen and oxygen atoms in total. The van der Waals surface area contributed by atoms with E-state index in [2.05, 4.69) is 29.0 Å². The van der Waals surface area contributed by atoms with Crippen molar-refractivity contribution in [2.75, 3.05) is 32.8 Å². The number of aromatic nitrogens is 2. The van der Waals surface area contributed by atoms with Gasteiger partial charge in [-0.25, -0.2) is 4.98 Å². The monoisotopic (exact) mass is 398 g/mol. The number of nitrogens with zero attached hydrogens (tertiary/aromatic N) is 3. The number of benzene rings is 1. The average Bonchev–Trinajstić information content (AvgIpc) is 3.10. The van der Waals surface area contributed by atoms with Crippen LogP contribution in [-0.2, 0) is 16.1 Å². The highest BCUT2D eigenvalue weighted by Crippen LogP contribution is 2.24. The van der Waals surface area contributed by atoms with Crippen molar-refractivity contribution in [1.82, 2.24) is 19.8 Å². The lowest BCUT2D eigenvalue weighted by Gasteiger charge is -2.36. The third-order valence-electron chi connectivity index (χ3n) is 5.46. The summed E-state index contributed by atoms with van der Waals surface area (Å²) in [7, 11) is 0. The van der Waals surface area contributed by atoms with Gasteiger partial charge in [0.25, 0.3) is 5.56 Å². The lowest BCUT2D eigenvalue weighted by atomic mass is 10.0. The number of hydrogen-bond donors (Lipinski definition) is 1. The van der Waals surface area contributed by atoms with Crippen LogP contribution in [0.1, 0.15) is 13.8 Å². The number of ether oxygens (including phenoxy) is 1. The van der Waals surface area contributed by atoms with Gasteiger partial charge in [-0.1, -0.05) is 26.0 Å². The molecule has 3 heterocycles. The lowest BCUT2D eigenvalue weighted by Crippen LogP contribution is -2.51. The number of furan rings is 1. The van der Waals surface area contributed by atoms with E-state index in [9.17, 15) is 9.59 Å². The molecular formula is C21H26N4O4. The number of para-hydroxylation sites is 1. The zero-order valence-electron chi connectivity index (χ0n) is 16.8. The smallest absolute Gasteiger partial charge is 0.297 e. The summed E-state index contributed by atoms with van der Waals surface area (Å²) in [5.74, 6) is 0.174. The molecule has 1 atom stereocenters. The number of morpholine rings is 1. The Bertz CT molecular complexity index is 1070.